The van der Waals surface area contributed by atoms with E-state index in [0.717, 1.165) is 0 Å². The maximum atomic E-state index is 2.50. The molecule has 0 nitrogen and oxygen atoms in total. The van der Waals surface area contributed by atoms with Crippen LogP contribution in [0.1, 0.15) is 96.4 Å². The second-order valence-electron chi connectivity index (χ2n) is 10.5. The van der Waals surface area contributed by atoms with Crippen molar-refractivity contribution in [1.29, 1.82) is 0 Å². The number of hydrogen-bond acceptors (Lipinski definition) is 0. The molecular formula is C20H42. The molecule has 122 valence electrons. The molecule has 0 amide bonds. The Balaban J connectivity index is 5.91. The molecule has 0 heterocycles. The van der Waals surface area contributed by atoms with Crippen LogP contribution >= 0.6 is 0 Å². The van der Waals surface area contributed by atoms with Gasteiger partial charge in [0.2, 0.25) is 0 Å². The molecule has 1 atom stereocenters. The van der Waals surface area contributed by atoms with Gasteiger partial charge in [-0.1, -0.05) is 96.4 Å². The van der Waals surface area contributed by atoms with Crippen molar-refractivity contribution in [2.45, 2.75) is 96.4 Å². The summed E-state index contributed by atoms with van der Waals surface area (Å²) in [7, 11) is 0. The zero-order chi connectivity index (χ0) is 16.8. The van der Waals surface area contributed by atoms with Crippen LogP contribution < -0.4 is 0 Å². The summed E-state index contributed by atoms with van der Waals surface area (Å²) in [5.74, 6) is 0.698. The lowest BCUT2D eigenvalue weighted by atomic mass is 9.45. The Morgan fingerprint density at radius 1 is 0.550 bits per heavy atom. The van der Waals surface area contributed by atoms with E-state index in [9.17, 15) is 0 Å². The van der Waals surface area contributed by atoms with Gasteiger partial charge >= 0.3 is 0 Å². The Labute approximate surface area is 130 Å². The van der Waals surface area contributed by atoms with Crippen molar-refractivity contribution in [3.8, 4) is 0 Å². The lowest BCUT2D eigenvalue weighted by Gasteiger charge is -2.60. The van der Waals surface area contributed by atoms with Crippen LogP contribution in [0.25, 0.3) is 0 Å². The summed E-state index contributed by atoms with van der Waals surface area (Å²) in [6.07, 6.45) is 1.25. The Kier molecular flexibility index (Phi) is 5.33. The maximum absolute atomic E-state index is 2.50. The van der Waals surface area contributed by atoms with Crippen LogP contribution in [0.15, 0.2) is 0 Å². The Morgan fingerprint density at radius 3 is 1.10 bits per heavy atom. The minimum atomic E-state index is 0.281. The number of hydrogen-bond donors (Lipinski definition) is 0. The SMILES string of the molecule is CCC(C(C)(C)C(C)(C)C)C(C)(C)C(C)(C)C(C)(C)C. The van der Waals surface area contributed by atoms with E-state index in [0.29, 0.717) is 22.2 Å². The highest BCUT2D eigenvalue weighted by molar-refractivity contribution is 5.03. The molecule has 0 radical (unpaired) electrons. The molecule has 0 spiro atoms. The lowest BCUT2D eigenvalue weighted by Crippen LogP contribution is -2.53. The quantitative estimate of drug-likeness (QED) is 0.512. The van der Waals surface area contributed by atoms with Gasteiger partial charge in [-0.25, -0.2) is 0 Å². The molecule has 20 heavy (non-hydrogen) atoms. The summed E-state index contributed by atoms with van der Waals surface area (Å²) < 4.78 is 0. The van der Waals surface area contributed by atoms with E-state index in [1.165, 1.54) is 6.42 Å². The smallest absolute Gasteiger partial charge is 0.0251 e. The summed E-state index contributed by atoms with van der Waals surface area (Å²) in [6.45, 7) is 31.6. The normalized spacial score (nSPS) is 17.2. The first kappa shape index (κ1) is 20.0. The zero-order valence-corrected chi connectivity index (χ0v) is 16.8. The van der Waals surface area contributed by atoms with E-state index >= 15 is 0 Å². The van der Waals surface area contributed by atoms with E-state index in [1.807, 2.05) is 0 Å². The third kappa shape index (κ3) is 3.09. The van der Waals surface area contributed by atoms with Crippen molar-refractivity contribution in [3.63, 3.8) is 0 Å². The second-order valence-corrected chi connectivity index (χ2v) is 10.5. The van der Waals surface area contributed by atoms with Gasteiger partial charge in [-0.15, -0.1) is 0 Å². The van der Waals surface area contributed by atoms with Gasteiger partial charge in [0.05, 0.1) is 0 Å². The molecule has 0 bridgehead atoms. The molecule has 0 saturated carbocycles. The second kappa shape index (κ2) is 5.33. The molecular weight excluding hydrogens is 240 g/mol. The third-order valence-corrected chi connectivity index (χ3v) is 7.57. The molecule has 0 aliphatic heterocycles. The average Bonchev–Trinajstić information content (AvgIpc) is 2.13. The molecule has 0 saturated heterocycles. The van der Waals surface area contributed by atoms with Crippen LogP contribution in [-0.4, -0.2) is 0 Å². The van der Waals surface area contributed by atoms with Crippen LogP contribution in [0, 0.1) is 33.0 Å². The lowest BCUT2D eigenvalue weighted by molar-refractivity contribution is -0.115. The van der Waals surface area contributed by atoms with E-state index in [-0.39, 0.29) is 10.8 Å². The molecule has 0 N–H and O–H groups in total. The topological polar surface area (TPSA) is 0 Å². The van der Waals surface area contributed by atoms with Crippen LogP contribution in [0.4, 0.5) is 0 Å². The minimum Gasteiger partial charge on any atom is -0.0651 e. The fraction of sp³-hybridized carbons (Fsp3) is 1.00. The van der Waals surface area contributed by atoms with E-state index in [2.05, 4.69) is 90.0 Å². The highest BCUT2D eigenvalue weighted by Crippen LogP contribution is 2.61. The summed E-state index contributed by atoms with van der Waals surface area (Å²) in [4.78, 5) is 0. The van der Waals surface area contributed by atoms with Gasteiger partial charge in [0.25, 0.3) is 0 Å². The first-order chi connectivity index (χ1) is 8.44. The van der Waals surface area contributed by atoms with Gasteiger partial charge < -0.3 is 0 Å². The van der Waals surface area contributed by atoms with Gasteiger partial charge in [-0.05, 0) is 33.0 Å². The average molecular weight is 283 g/mol. The van der Waals surface area contributed by atoms with Gasteiger partial charge in [-0.3, -0.25) is 0 Å². The summed E-state index contributed by atoms with van der Waals surface area (Å²) >= 11 is 0. The summed E-state index contributed by atoms with van der Waals surface area (Å²) in [6, 6.07) is 0. The van der Waals surface area contributed by atoms with E-state index in [4.69, 9.17) is 0 Å². The zero-order valence-electron chi connectivity index (χ0n) is 16.8. The highest BCUT2D eigenvalue weighted by Gasteiger charge is 2.54. The fourth-order valence-electron chi connectivity index (χ4n) is 3.85. The van der Waals surface area contributed by atoms with Crippen molar-refractivity contribution < 1.29 is 0 Å². The van der Waals surface area contributed by atoms with Gasteiger partial charge in [0, 0.05) is 0 Å². The van der Waals surface area contributed by atoms with Crippen LogP contribution in [0.3, 0.4) is 0 Å². The molecule has 1 unspecified atom stereocenters. The van der Waals surface area contributed by atoms with Crippen LogP contribution in [-0.2, 0) is 0 Å². The molecule has 0 heteroatoms. The maximum Gasteiger partial charge on any atom is -0.0251 e. The molecule has 0 aromatic rings. The van der Waals surface area contributed by atoms with Gasteiger partial charge in [0.1, 0.15) is 0 Å². The van der Waals surface area contributed by atoms with Crippen LogP contribution in [0.5, 0.6) is 0 Å². The van der Waals surface area contributed by atoms with Crippen molar-refractivity contribution in [2.24, 2.45) is 33.0 Å². The van der Waals surface area contributed by atoms with Crippen LogP contribution in [0.2, 0.25) is 0 Å². The fourth-order valence-corrected chi connectivity index (χ4v) is 3.85. The highest BCUT2D eigenvalue weighted by atomic mass is 14.6. The minimum absolute atomic E-state index is 0.281. The van der Waals surface area contributed by atoms with Crippen molar-refractivity contribution in [3.05, 3.63) is 0 Å². The van der Waals surface area contributed by atoms with E-state index < -0.39 is 0 Å². The summed E-state index contributed by atoms with van der Waals surface area (Å²) in [5, 5.41) is 0. The molecule has 0 aromatic heterocycles. The standard InChI is InChI=1S/C20H42/c1-14-15(18(8,9)16(2,3)4)19(10,11)20(12,13)17(5,6)7/h15H,14H2,1-13H3. The Bertz CT molecular complexity index is 315. The molecule has 0 rings (SSSR count). The largest absolute Gasteiger partial charge is 0.0651 e. The number of rotatable bonds is 4. The first-order valence-corrected chi connectivity index (χ1v) is 8.44. The van der Waals surface area contributed by atoms with Crippen molar-refractivity contribution >= 4 is 0 Å². The van der Waals surface area contributed by atoms with Gasteiger partial charge in [0.15, 0.2) is 0 Å². The predicted octanol–water partition coefficient (Wildman–Crippen LogP) is 7.18. The Morgan fingerprint density at radius 2 is 0.900 bits per heavy atom. The molecule has 0 aliphatic rings. The monoisotopic (exact) mass is 282 g/mol. The Hall–Kier alpha value is 0. The first-order valence-electron chi connectivity index (χ1n) is 8.44. The predicted molar refractivity (Wildman–Crippen MR) is 94.0 cm³/mol. The molecule has 0 aliphatic carbocycles. The molecule has 0 fully saturated rings. The molecule has 0 aromatic carbocycles. The summed E-state index contributed by atoms with van der Waals surface area (Å²) in [5.41, 5.74) is 1.50. The van der Waals surface area contributed by atoms with Crippen molar-refractivity contribution in [2.75, 3.05) is 0 Å². The third-order valence-electron chi connectivity index (χ3n) is 7.57. The van der Waals surface area contributed by atoms with Gasteiger partial charge in [-0.2, -0.15) is 0 Å². The van der Waals surface area contributed by atoms with Crippen molar-refractivity contribution in [1.82, 2.24) is 0 Å². The van der Waals surface area contributed by atoms with E-state index in [1.54, 1.807) is 0 Å².